The highest BCUT2D eigenvalue weighted by Crippen LogP contribution is 2.31. The first-order valence-corrected chi connectivity index (χ1v) is 10.3. The fourth-order valence-electron chi connectivity index (χ4n) is 4.54. The second-order valence-electron chi connectivity index (χ2n) is 8.03. The van der Waals surface area contributed by atoms with Gasteiger partial charge in [-0.15, -0.1) is 0 Å². The van der Waals surface area contributed by atoms with Crippen molar-refractivity contribution < 1.29 is 0 Å². The van der Waals surface area contributed by atoms with Crippen molar-refractivity contribution in [2.24, 2.45) is 0 Å². The van der Waals surface area contributed by atoms with Crippen molar-refractivity contribution in [1.82, 2.24) is 19.9 Å². The number of hydrogen-bond donors (Lipinski definition) is 0. The van der Waals surface area contributed by atoms with Crippen LogP contribution in [-0.2, 0) is 19.5 Å². The van der Waals surface area contributed by atoms with Crippen LogP contribution in [0.4, 0.5) is 0 Å². The molecule has 5 rings (SSSR count). The van der Waals surface area contributed by atoms with Gasteiger partial charge in [-0.1, -0.05) is 37.5 Å². The largest absolute Gasteiger partial charge is 0.294 e. The number of benzene rings is 1. The molecule has 0 bridgehead atoms. The molecule has 3 heterocycles. The normalized spacial score (nSPS) is 18.5. The molecule has 2 aliphatic rings. The summed E-state index contributed by atoms with van der Waals surface area (Å²) in [6.45, 7) is 2.93. The first kappa shape index (κ1) is 16.8. The Labute approximate surface area is 160 Å². The monoisotopic (exact) mass is 358 g/mol. The SMILES string of the molecule is c1ccc2ncc(CN3CCc4nc(C5CCCCC5)ncc4C3)cc2c1. The average molecular weight is 358 g/mol. The Morgan fingerprint density at radius 3 is 2.81 bits per heavy atom. The van der Waals surface area contributed by atoms with Crippen LogP contribution in [0.3, 0.4) is 0 Å². The maximum atomic E-state index is 4.97. The predicted molar refractivity (Wildman–Crippen MR) is 107 cm³/mol. The van der Waals surface area contributed by atoms with Gasteiger partial charge in [-0.25, -0.2) is 9.97 Å². The summed E-state index contributed by atoms with van der Waals surface area (Å²) < 4.78 is 0. The first-order valence-electron chi connectivity index (χ1n) is 10.3. The van der Waals surface area contributed by atoms with Gasteiger partial charge in [0.05, 0.1) is 5.52 Å². The smallest absolute Gasteiger partial charge is 0.131 e. The summed E-state index contributed by atoms with van der Waals surface area (Å²) in [5.74, 6) is 1.69. The second-order valence-corrected chi connectivity index (χ2v) is 8.03. The van der Waals surface area contributed by atoms with Crippen LogP contribution >= 0.6 is 0 Å². The summed E-state index contributed by atoms with van der Waals surface area (Å²) in [6.07, 6.45) is 11.7. The highest BCUT2D eigenvalue weighted by atomic mass is 15.1. The fourth-order valence-corrected chi connectivity index (χ4v) is 4.54. The Balaban J connectivity index is 1.30. The van der Waals surface area contributed by atoms with Crippen molar-refractivity contribution >= 4 is 10.9 Å². The summed E-state index contributed by atoms with van der Waals surface area (Å²) in [6, 6.07) is 10.6. The summed E-state index contributed by atoms with van der Waals surface area (Å²) in [5, 5.41) is 1.22. The van der Waals surface area contributed by atoms with Gasteiger partial charge in [0.2, 0.25) is 0 Å². The third kappa shape index (κ3) is 3.59. The lowest BCUT2D eigenvalue weighted by Gasteiger charge is -2.29. The topological polar surface area (TPSA) is 41.9 Å². The molecule has 0 amide bonds. The molecule has 138 valence electrons. The minimum Gasteiger partial charge on any atom is -0.294 e. The molecule has 27 heavy (non-hydrogen) atoms. The minimum absolute atomic E-state index is 0.589. The molecule has 1 fully saturated rings. The molecule has 0 radical (unpaired) electrons. The molecule has 3 aromatic rings. The molecular weight excluding hydrogens is 332 g/mol. The molecule has 0 unspecified atom stereocenters. The number of rotatable bonds is 3. The Morgan fingerprint density at radius 1 is 1.00 bits per heavy atom. The Morgan fingerprint density at radius 2 is 1.89 bits per heavy atom. The van der Waals surface area contributed by atoms with E-state index in [4.69, 9.17) is 9.97 Å². The molecule has 1 aliphatic carbocycles. The maximum Gasteiger partial charge on any atom is 0.131 e. The Hall–Kier alpha value is -2.33. The highest BCUT2D eigenvalue weighted by Gasteiger charge is 2.22. The molecule has 2 aromatic heterocycles. The number of para-hydroxylation sites is 1. The van der Waals surface area contributed by atoms with E-state index in [1.807, 2.05) is 12.3 Å². The molecule has 1 saturated carbocycles. The minimum atomic E-state index is 0.589. The summed E-state index contributed by atoms with van der Waals surface area (Å²) in [7, 11) is 0. The summed E-state index contributed by atoms with van der Waals surface area (Å²) >= 11 is 0. The van der Waals surface area contributed by atoms with Gasteiger partial charge < -0.3 is 0 Å². The standard InChI is InChI=1S/C23H26N4/c1-2-6-18(7-3-1)23-25-14-20-16-27(11-10-22(20)26-23)15-17-12-19-8-4-5-9-21(19)24-13-17/h4-5,8-9,12-14,18H,1-3,6-7,10-11,15-16H2. The lowest BCUT2D eigenvalue weighted by Crippen LogP contribution is -2.31. The molecule has 0 atom stereocenters. The third-order valence-corrected chi connectivity index (χ3v) is 6.06. The van der Waals surface area contributed by atoms with Crippen LogP contribution in [-0.4, -0.2) is 26.4 Å². The van der Waals surface area contributed by atoms with Crippen molar-refractivity contribution in [3.63, 3.8) is 0 Å². The van der Waals surface area contributed by atoms with E-state index in [1.165, 1.54) is 54.3 Å². The lowest BCUT2D eigenvalue weighted by atomic mass is 9.88. The predicted octanol–water partition coefficient (Wildman–Crippen LogP) is 4.63. The van der Waals surface area contributed by atoms with Crippen molar-refractivity contribution in [2.75, 3.05) is 6.54 Å². The van der Waals surface area contributed by atoms with Crippen molar-refractivity contribution in [2.45, 2.75) is 57.5 Å². The zero-order valence-corrected chi connectivity index (χ0v) is 15.8. The molecule has 4 nitrogen and oxygen atoms in total. The Bertz CT molecular complexity index is 946. The number of aromatic nitrogens is 3. The Kier molecular flexibility index (Phi) is 4.58. The van der Waals surface area contributed by atoms with E-state index in [0.717, 1.165) is 37.4 Å². The van der Waals surface area contributed by atoms with E-state index >= 15 is 0 Å². The van der Waals surface area contributed by atoms with Gasteiger partial charge in [-0.05, 0) is 30.5 Å². The molecular formula is C23H26N4. The molecule has 1 aromatic carbocycles. The molecule has 4 heteroatoms. The zero-order valence-electron chi connectivity index (χ0n) is 15.8. The number of hydrogen-bond acceptors (Lipinski definition) is 4. The summed E-state index contributed by atoms with van der Waals surface area (Å²) in [4.78, 5) is 16.8. The van der Waals surface area contributed by atoms with Gasteiger partial charge in [-0.2, -0.15) is 0 Å². The molecule has 0 N–H and O–H groups in total. The van der Waals surface area contributed by atoms with Crippen LogP contribution in [0.5, 0.6) is 0 Å². The van der Waals surface area contributed by atoms with Crippen LogP contribution in [0, 0.1) is 0 Å². The van der Waals surface area contributed by atoms with Gasteiger partial charge in [0.15, 0.2) is 0 Å². The van der Waals surface area contributed by atoms with Crippen LogP contribution in [0.1, 0.15) is 60.7 Å². The van der Waals surface area contributed by atoms with Gasteiger partial charge in [0, 0.05) is 61.0 Å². The van der Waals surface area contributed by atoms with E-state index < -0.39 is 0 Å². The van der Waals surface area contributed by atoms with Crippen LogP contribution in [0.2, 0.25) is 0 Å². The van der Waals surface area contributed by atoms with Gasteiger partial charge >= 0.3 is 0 Å². The first-order chi connectivity index (χ1) is 13.3. The van der Waals surface area contributed by atoms with Crippen LogP contribution in [0.25, 0.3) is 10.9 Å². The number of nitrogens with zero attached hydrogens (tertiary/aromatic N) is 4. The highest BCUT2D eigenvalue weighted by molar-refractivity contribution is 5.78. The van der Waals surface area contributed by atoms with Crippen molar-refractivity contribution in [3.05, 3.63) is 65.4 Å². The third-order valence-electron chi connectivity index (χ3n) is 6.06. The number of fused-ring (bicyclic) bond motifs is 2. The molecule has 1 aliphatic heterocycles. The van der Waals surface area contributed by atoms with Crippen molar-refractivity contribution in [3.8, 4) is 0 Å². The van der Waals surface area contributed by atoms with E-state index in [1.54, 1.807) is 0 Å². The van der Waals surface area contributed by atoms with Gasteiger partial charge in [-0.3, -0.25) is 9.88 Å². The average Bonchev–Trinajstić information content (AvgIpc) is 2.74. The second kappa shape index (κ2) is 7.35. The maximum absolute atomic E-state index is 4.97. The number of pyridine rings is 1. The van der Waals surface area contributed by atoms with E-state index in [9.17, 15) is 0 Å². The lowest BCUT2D eigenvalue weighted by molar-refractivity contribution is 0.242. The van der Waals surface area contributed by atoms with E-state index in [0.29, 0.717) is 5.92 Å². The summed E-state index contributed by atoms with van der Waals surface area (Å²) in [5.41, 5.74) is 4.92. The fraction of sp³-hybridized carbons (Fsp3) is 0.435. The molecule has 0 spiro atoms. The van der Waals surface area contributed by atoms with Crippen LogP contribution < -0.4 is 0 Å². The van der Waals surface area contributed by atoms with Gasteiger partial charge in [0.1, 0.15) is 5.82 Å². The van der Waals surface area contributed by atoms with Crippen molar-refractivity contribution in [1.29, 1.82) is 0 Å². The quantitative estimate of drug-likeness (QED) is 0.684. The molecule has 0 saturated heterocycles. The van der Waals surface area contributed by atoms with E-state index in [2.05, 4.69) is 40.3 Å². The van der Waals surface area contributed by atoms with Crippen LogP contribution in [0.15, 0.2) is 42.7 Å². The zero-order chi connectivity index (χ0) is 18.1. The van der Waals surface area contributed by atoms with Gasteiger partial charge in [0.25, 0.3) is 0 Å². The van der Waals surface area contributed by atoms with E-state index in [-0.39, 0.29) is 0 Å².